The van der Waals surface area contributed by atoms with E-state index in [9.17, 15) is 4.79 Å². The van der Waals surface area contributed by atoms with Crippen molar-refractivity contribution in [1.82, 2.24) is 4.90 Å². The van der Waals surface area contributed by atoms with E-state index in [0.717, 1.165) is 18.5 Å². The van der Waals surface area contributed by atoms with Gasteiger partial charge >= 0.3 is 0 Å². The van der Waals surface area contributed by atoms with Gasteiger partial charge in [-0.25, -0.2) is 0 Å². The second-order valence-corrected chi connectivity index (χ2v) is 6.47. The molecule has 19 heavy (non-hydrogen) atoms. The Morgan fingerprint density at radius 1 is 1.21 bits per heavy atom. The first-order valence-electron chi connectivity index (χ1n) is 7.00. The molecule has 3 nitrogen and oxygen atoms in total. The van der Waals surface area contributed by atoms with E-state index in [0.29, 0.717) is 0 Å². The summed E-state index contributed by atoms with van der Waals surface area (Å²) in [7, 11) is 0. The summed E-state index contributed by atoms with van der Waals surface area (Å²) in [5.74, 6) is 0.257. The van der Waals surface area contributed by atoms with E-state index in [1.165, 1.54) is 0 Å². The molecular weight excluding hydrogens is 238 g/mol. The fourth-order valence-corrected chi connectivity index (χ4v) is 3.26. The molecule has 1 aromatic carbocycles. The van der Waals surface area contributed by atoms with Crippen molar-refractivity contribution in [2.24, 2.45) is 0 Å². The minimum atomic E-state index is -0.152. The van der Waals surface area contributed by atoms with Crippen LogP contribution in [-0.2, 0) is 9.53 Å². The van der Waals surface area contributed by atoms with E-state index in [1.54, 1.807) is 0 Å². The number of ether oxygens (including phenoxy) is 1. The van der Waals surface area contributed by atoms with Crippen LogP contribution in [0.5, 0.6) is 0 Å². The molecule has 1 amide bonds. The molecule has 0 radical (unpaired) electrons. The molecule has 0 saturated carbocycles. The monoisotopic (exact) mass is 259 g/mol. The van der Waals surface area contributed by atoms with Gasteiger partial charge in [0.05, 0.1) is 23.7 Å². The van der Waals surface area contributed by atoms with Crippen molar-refractivity contribution < 1.29 is 9.53 Å². The summed E-state index contributed by atoms with van der Waals surface area (Å²) in [5.41, 5.74) is 0.971. The molecule has 0 aromatic heterocycles. The lowest BCUT2D eigenvalue weighted by molar-refractivity contribution is -0.156. The van der Waals surface area contributed by atoms with Gasteiger partial charge in [0.1, 0.15) is 0 Å². The fourth-order valence-electron chi connectivity index (χ4n) is 3.26. The van der Waals surface area contributed by atoms with E-state index in [4.69, 9.17) is 4.74 Å². The number of hydrogen-bond donors (Lipinski definition) is 0. The average Bonchev–Trinajstić information content (AvgIpc) is 2.67. The van der Waals surface area contributed by atoms with Crippen molar-refractivity contribution in [3.63, 3.8) is 0 Å². The highest BCUT2D eigenvalue weighted by molar-refractivity contribution is 5.91. The number of carbonyl (C=O) groups is 1. The summed E-state index contributed by atoms with van der Waals surface area (Å²) in [6.07, 6.45) is 1.12. The zero-order valence-corrected chi connectivity index (χ0v) is 11.8. The van der Waals surface area contributed by atoms with E-state index >= 15 is 0 Å². The van der Waals surface area contributed by atoms with E-state index in [-0.39, 0.29) is 29.6 Å². The smallest absolute Gasteiger partial charge is 0.232 e. The molecular formula is C16H21NO2. The SMILES string of the molecule is CC(C)(C)O[C@H]1CCN2C(=O)[C@@H](c3ccccc3)[C@H]12. The minimum Gasteiger partial charge on any atom is -0.370 e. The summed E-state index contributed by atoms with van der Waals surface area (Å²) in [6, 6.07) is 10.3. The highest BCUT2D eigenvalue weighted by Gasteiger charge is 2.56. The van der Waals surface area contributed by atoms with Crippen molar-refractivity contribution in [2.75, 3.05) is 6.54 Å². The molecule has 3 rings (SSSR count). The van der Waals surface area contributed by atoms with Crippen LogP contribution in [-0.4, -0.2) is 35.1 Å². The number of nitrogens with zero attached hydrogens (tertiary/aromatic N) is 1. The highest BCUT2D eigenvalue weighted by Crippen LogP contribution is 2.44. The van der Waals surface area contributed by atoms with Gasteiger partial charge in [-0.05, 0) is 32.8 Å². The quantitative estimate of drug-likeness (QED) is 0.764. The maximum Gasteiger partial charge on any atom is 0.232 e. The Morgan fingerprint density at radius 3 is 2.53 bits per heavy atom. The summed E-state index contributed by atoms with van der Waals surface area (Å²) in [6.45, 7) is 7.07. The zero-order chi connectivity index (χ0) is 13.6. The van der Waals surface area contributed by atoms with Crippen LogP contribution in [0.2, 0.25) is 0 Å². The summed E-state index contributed by atoms with van der Waals surface area (Å²) >= 11 is 0. The van der Waals surface area contributed by atoms with Crippen LogP contribution in [0.25, 0.3) is 0 Å². The Balaban J connectivity index is 1.82. The number of β-lactam (4-membered cyclic amide) rings is 1. The lowest BCUT2D eigenvalue weighted by Gasteiger charge is -2.46. The number of benzene rings is 1. The minimum absolute atomic E-state index is 0.00366. The van der Waals surface area contributed by atoms with Crippen molar-refractivity contribution >= 4 is 5.91 Å². The molecule has 0 spiro atoms. The van der Waals surface area contributed by atoms with Crippen molar-refractivity contribution in [2.45, 2.75) is 50.9 Å². The molecule has 0 N–H and O–H groups in total. The van der Waals surface area contributed by atoms with Gasteiger partial charge in [0.25, 0.3) is 0 Å². The van der Waals surface area contributed by atoms with Gasteiger partial charge in [-0.15, -0.1) is 0 Å². The topological polar surface area (TPSA) is 29.5 Å². The Kier molecular flexibility index (Phi) is 2.90. The van der Waals surface area contributed by atoms with Gasteiger partial charge in [-0.2, -0.15) is 0 Å². The maximum absolute atomic E-state index is 12.2. The summed E-state index contributed by atoms with van der Waals surface area (Å²) in [4.78, 5) is 14.2. The second kappa shape index (κ2) is 4.34. The fraction of sp³-hybridized carbons (Fsp3) is 0.562. The largest absolute Gasteiger partial charge is 0.370 e. The van der Waals surface area contributed by atoms with Gasteiger partial charge < -0.3 is 9.64 Å². The van der Waals surface area contributed by atoms with Gasteiger partial charge in [0.15, 0.2) is 0 Å². The molecule has 2 aliphatic rings. The Bertz CT molecular complexity index is 477. The number of fused-ring (bicyclic) bond motifs is 1. The summed E-state index contributed by atoms with van der Waals surface area (Å²) in [5, 5.41) is 0. The number of carbonyl (C=O) groups excluding carboxylic acids is 1. The van der Waals surface area contributed by atoms with Crippen molar-refractivity contribution in [1.29, 1.82) is 0 Å². The number of amides is 1. The van der Waals surface area contributed by atoms with E-state index in [2.05, 4.69) is 20.8 Å². The van der Waals surface area contributed by atoms with E-state index in [1.807, 2.05) is 35.2 Å². The predicted octanol–water partition coefficient (Wildman–Crippen LogP) is 2.57. The van der Waals surface area contributed by atoms with Gasteiger partial charge in [0.2, 0.25) is 5.91 Å². The molecule has 2 saturated heterocycles. The molecule has 102 valence electrons. The molecule has 1 aromatic rings. The van der Waals surface area contributed by atoms with Crippen LogP contribution in [0, 0.1) is 0 Å². The predicted molar refractivity (Wildman–Crippen MR) is 73.9 cm³/mol. The first-order chi connectivity index (χ1) is 8.97. The van der Waals surface area contributed by atoms with Crippen molar-refractivity contribution in [3.8, 4) is 0 Å². The highest BCUT2D eigenvalue weighted by atomic mass is 16.5. The molecule has 2 aliphatic heterocycles. The van der Waals surface area contributed by atoms with Gasteiger partial charge in [-0.3, -0.25) is 4.79 Å². The molecule has 2 heterocycles. The molecule has 0 aliphatic carbocycles. The van der Waals surface area contributed by atoms with Crippen LogP contribution in [0.4, 0.5) is 0 Å². The molecule has 2 fully saturated rings. The molecule has 3 atom stereocenters. The second-order valence-electron chi connectivity index (χ2n) is 6.47. The number of hydrogen-bond acceptors (Lipinski definition) is 2. The van der Waals surface area contributed by atoms with E-state index < -0.39 is 0 Å². The molecule has 0 unspecified atom stereocenters. The van der Waals surface area contributed by atoms with Crippen LogP contribution >= 0.6 is 0 Å². The van der Waals surface area contributed by atoms with Crippen LogP contribution in [0.15, 0.2) is 30.3 Å². The third-order valence-corrected chi connectivity index (χ3v) is 3.95. The van der Waals surface area contributed by atoms with Crippen LogP contribution < -0.4 is 0 Å². The normalized spacial score (nSPS) is 30.2. The van der Waals surface area contributed by atoms with Crippen molar-refractivity contribution in [3.05, 3.63) is 35.9 Å². The Labute approximate surface area is 114 Å². The number of rotatable bonds is 2. The first kappa shape index (κ1) is 12.7. The Hall–Kier alpha value is -1.35. The lowest BCUT2D eigenvalue weighted by Crippen LogP contribution is -2.59. The summed E-state index contributed by atoms with van der Waals surface area (Å²) < 4.78 is 6.14. The molecule has 3 heteroatoms. The zero-order valence-electron chi connectivity index (χ0n) is 11.8. The van der Waals surface area contributed by atoms with Gasteiger partial charge in [0, 0.05) is 6.54 Å². The first-order valence-corrected chi connectivity index (χ1v) is 7.00. The maximum atomic E-state index is 12.2. The van der Waals surface area contributed by atoms with Crippen LogP contribution in [0.3, 0.4) is 0 Å². The van der Waals surface area contributed by atoms with Gasteiger partial charge in [-0.1, -0.05) is 30.3 Å². The third kappa shape index (κ3) is 2.16. The Morgan fingerprint density at radius 2 is 1.89 bits per heavy atom. The lowest BCUT2D eigenvalue weighted by atomic mass is 9.81. The average molecular weight is 259 g/mol. The standard InChI is InChI=1S/C16H21NO2/c1-16(2,3)19-12-9-10-17-14(12)13(15(17)18)11-7-5-4-6-8-11/h4-8,12-14H,9-10H2,1-3H3/t12-,13-,14-/m0/s1. The molecule has 0 bridgehead atoms. The third-order valence-electron chi connectivity index (χ3n) is 3.95. The van der Waals surface area contributed by atoms with Crippen LogP contribution in [0.1, 0.15) is 38.7 Å².